The van der Waals surface area contributed by atoms with Gasteiger partial charge in [-0.25, -0.2) is 0 Å². The summed E-state index contributed by atoms with van der Waals surface area (Å²) in [5.41, 5.74) is 2.91. The highest BCUT2D eigenvalue weighted by atomic mass is 15.0. The summed E-state index contributed by atoms with van der Waals surface area (Å²) in [4.78, 5) is 0. The Balaban J connectivity index is 1.46. The van der Waals surface area contributed by atoms with Gasteiger partial charge in [-0.3, -0.25) is 0 Å². The lowest BCUT2D eigenvalue weighted by Gasteiger charge is -2.36. The molecule has 1 nitrogen and oxygen atoms in total. The maximum absolute atomic E-state index is 3.80. The zero-order valence-electron chi connectivity index (χ0n) is 10.9. The molecule has 0 aliphatic heterocycles. The van der Waals surface area contributed by atoms with Crippen LogP contribution in [0.15, 0.2) is 24.3 Å². The molecule has 2 fully saturated rings. The Hall–Kier alpha value is -0.820. The van der Waals surface area contributed by atoms with E-state index in [1.165, 1.54) is 36.8 Å². The summed E-state index contributed by atoms with van der Waals surface area (Å²) in [7, 11) is 0. The Morgan fingerprint density at radius 3 is 2.41 bits per heavy atom. The molecule has 1 heteroatoms. The van der Waals surface area contributed by atoms with E-state index in [9.17, 15) is 0 Å². The monoisotopic (exact) mass is 229 g/mol. The van der Waals surface area contributed by atoms with Crippen molar-refractivity contribution in [2.45, 2.75) is 57.5 Å². The summed E-state index contributed by atoms with van der Waals surface area (Å²) in [5, 5.41) is 3.80. The van der Waals surface area contributed by atoms with Crippen molar-refractivity contribution in [3.05, 3.63) is 35.4 Å². The third kappa shape index (κ3) is 2.40. The number of rotatable bonds is 4. The van der Waals surface area contributed by atoms with Gasteiger partial charge in [-0.05, 0) is 43.6 Å². The van der Waals surface area contributed by atoms with Crippen molar-refractivity contribution in [2.75, 3.05) is 0 Å². The highest BCUT2D eigenvalue weighted by Gasteiger charge is 2.40. The predicted octanol–water partition coefficient (Wildman–Crippen LogP) is 3.63. The molecule has 3 rings (SSSR count). The van der Waals surface area contributed by atoms with Gasteiger partial charge in [-0.2, -0.15) is 0 Å². The molecular weight excluding hydrogens is 206 g/mol. The molecule has 0 heterocycles. The highest BCUT2D eigenvalue weighted by Crippen LogP contribution is 2.40. The SMILES string of the molecule is CCC1CC1NC1CC(c2ccc(C)cc2)C1. The van der Waals surface area contributed by atoms with Crippen molar-refractivity contribution in [3.8, 4) is 0 Å². The lowest BCUT2D eigenvalue weighted by Crippen LogP contribution is -2.41. The van der Waals surface area contributed by atoms with E-state index in [-0.39, 0.29) is 0 Å². The van der Waals surface area contributed by atoms with Crippen molar-refractivity contribution in [1.82, 2.24) is 5.32 Å². The average molecular weight is 229 g/mol. The minimum atomic E-state index is 0.794. The van der Waals surface area contributed by atoms with E-state index in [1.54, 1.807) is 0 Å². The molecule has 17 heavy (non-hydrogen) atoms. The second kappa shape index (κ2) is 4.45. The Morgan fingerprint density at radius 1 is 1.12 bits per heavy atom. The van der Waals surface area contributed by atoms with E-state index in [4.69, 9.17) is 0 Å². The quantitative estimate of drug-likeness (QED) is 0.831. The van der Waals surface area contributed by atoms with Gasteiger partial charge < -0.3 is 5.32 Å². The third-order valence-corrected chi connectivity index (χ3v) is 4.58. The van der Waals surface area contributed by atoms with Crippen molar-refractivity contribution < 1.29 is 0 Å². The summed E-state index contributed by atoms with van der Waals surface area (Å²) in [6.45, 7) is 4.47. The van der Waals surface area contributed by atoms with Gasteiger partial charge in [0.25, 0.3) is 0 Å². The fourth-order valence-corrected chi connectivity index (χ4v) is 3.07. The Labute approximate surface area is 105 Å². The summed E-state index contributed by atoms with van der Waals surface area (Å²) in [6.07, 6.45) is 5.46. The molecule has 2 atom stereocenters. The number of hydrogen-bond acceptors (Lipinski definition) is 1. The van der Waals surface area contributed by atoms with E-state index >= 15 is 0 Å². The first kappa shape index (κ1) is 11.3. The summed E-state index contributed by atoms with van der Waals surface area (Å²) < 4.78 is 0. The third-order valence-electron chi connectivity index (χ3n) is 4.58. The topological polar surface area (TPSA) is 12.0 Å². The van der Waals surface area contributed by atoms with Crippen molar-refractivity contribution in [3.63, 3.8) is 0 Å². The Kier molecular flexibility index (Phi) is 2.96. The van der Waals surface area contributed by atoms with Crippen LogP contribution in [-0.2, 0) is 0 Å². The smallest absolute Gasteiger partial charge is 0.0102 e. The fourth-order valence-electron chi connectivity index (χ4n) is 3.07. The first-order valence-corrected chi connectivity index (χ1v) is 7.09. The zero-order valence-corrected chi connectivity index (χ0v) is 10.9. The minimum Gasteiger partial charge on any atom is -0.311 e. The molecule has 2 unspecified atom stereocenters. The summed E-state index contributed by atoms with van der Waals surface area (Å²) in [6, 6.07) is 10.7. The molecule has 0 spiro atoms. The Bertz CT molecular complexity index is 375. The van der Waals surface area contributed by atoms with Crippen LogP contribution in [0, 0.1) is 12.8 Å². The minimum absolute atomic E-state index is 0.794. The number of benzene rings is 1. The van der Waals surface area contributed by atoms with Crippen LogP contribution in [0.3, 0.4) is 0 Å². The maximum atomic E-state index is 3.80. The van der Waals surface area contributed by atoms with Gasteiger partial charge in [0.2, 0.25) is 0 Å². The average Bonchev–Trinajstić information content (AvgIpc) is 3.03. The molecule has 0 aromatic heterocycles. The molecule has 0 amide bonds. The van der Waals surface area contributed by atoms with E-state index in [0.29, 0.717) is 0 Å². The van der Waals surface area contributed by atoms with Crippen molar-refractivity contribution in [2.24, 2.45) is 5.92 Å². The van der Waals surface area contributed by atoms with Crippen LogP contribution in [0.4, 0.5) is 0 Å². The molecule has 1 aromatic carbocycles. The van der Waals surface area contributed by atoms with E-state index in [0.717, 1.165) is 23.9 Å². The largest absolute Gasteiger partial charge is 0.311 e. The van der Waals surface area contributed by atoms with Crippen LogP contribution in [-0.4, -0.2) is 12.1 Å². The molecular formula is C16H23N. The van der Waals surface area contributed by atoms with Gasteiger partial charge in [-0.15, -0.1) is 0 Å². The van der Waals surface area contributed by atoms with Crippen LogP contribution >= 0.6 is 0 Å². The zero-order chi connectivity index (χ0) is 11.8. The molecule has 1 aromatic rings. The van der Waals surface area contributed by atoms with Gasteiger partial charge in [0.15, 0.2) is 0 Å². The standard InChI is InChI=1S/C16H23N/c1-3-12-10-16(12)17-15-8-14(9-15)13-6-4-11(2)5-7-13/h4-7,12,14-17H,3,8-10H2,1-2H3. The second-order valence-electron chi connectivity index (χ2n) is 5.95. The number of aryl methyl sites for hydroxylation is 1. The van der Waals surface area contributed by atoms with Crippen LogP contribution in [0.1, 0.15) is 49.7 Å². The number of hydrogen-bond donors (Lipinski definition) is 1. The summed E-state index contributed by atoms with van der Waals surface area (Å²) >= 11 is 0. The fraction of sp³-hybridized carbons (Fsp3) is 0.625. The van der Waals surface area contributed by atoms with Crippen LogP contribution in [0.2, 0.25) is 0 Å². The van der Waals surface area contributed by atoms with Gasteiger partial charge in [0.1, 0.15) is 0 Å². The molecule has 1 N–H and O–H groups in total. The second-order valence-corrected chi connectivity index (χ2v) is 5.95. The molecule has 2 aliphatic carbocycles. The molecule has 0 saturated heterocycles. The molecule has 0 bridgehead atoms. The normalized spacial score (nSPS) is 35.4. The van der Waals surface area contributed by atoms with Crippen molar-refractivity contribution >= 4 is 0 Å². The van der Waals surface area contributed by atoms with Crippen LogP contribution in [0.25, 0.3) is 0 Å². The lowest BCUT2D eigenvalue weighted by molar-refractivity contribution is 0.285. The maximum Gasteiger partial charge on any atom is 0.0102 e. The van der Waals surface area contributed by atoms with Gasteiger partial charge >= 0.3 is 0 Å². The summed E-state index contributed by atoms with van der Waals surface area (Å²) in [5.74, 6) is 1.79. The van der Waals surface area contributed by atoms with Crippen molar-refractivity contribution in [1.29, 1.82) is 0 Å². The van der Waals surface area contributed by atoms with Gasteiger partial charge in [0.05, 0.1) is 0 Å². The van der Waals surface area contributed by atoms with E-state index < -0.39 is 0 Å². The molecule has 2 saturated carbocycles. The molecule has 0 radical (unpaired) electrons. The number of nitrogens with one attached hydrogen (secondary N) is 1. The van der Waals surface area contributed by atoms with Gasteiger partial charge in [-0.1, -0.05) is 43.2 Å². The molecule has 2 aliphatic rings. The Morgan fingerprint density at radius 2 is 1.82 bits per heavy atom. The van der Waals surface area contributed by atoms with E-state index in [1.807, 2.05) is 0 Å². The predicted molar refractivity (Wildman–Crippen MR) is 72.3 cm³/mol. The van der Waals surface area contributed by atoms with Crippen LogP contribution < -0.4 is 5.32 Å². The molecule has 92 valence electrons. The first-order chi connectivity index (χ1) is 8.26. The first-order valence-electron chi connectivity index (χ1n) is 7.09. The van der Waals surface area contributed by atoms with Crippen LogP contribution in [0.5, 0.6) is 0 Å². The highest BCUT2D eigenvalue weighted by molar-refractivity contribution is 5.26. The van der Waals surface area contributed by atoms with Gasteiger partial charge in [0, 0.05) is 12.1 Å². The van der Waals surface area contributed by atoms with E-state index in [2.05, 4.69) is 43.4 Å². The lowest BCUT2D eigenvalue weighted by atomic mass is 9.75.